The zero-order valence-corrected chi connectivity index (χ0v) is 18.6. The van der Waals surface area contributed by atoms with Gasteiger partial charge < -0.3 is 5.73 Å². The topological polar surface area (TPSA) is 55.4 Å². The minimum absolute atomic E-state index is 0.108. The minimum atomic E-state index is -0.611. The standard InChI is InChI=1S/C19H23BrN2.C2H6OS/c1-13(2)12-15-4-6-16(7-5-15)14(3)19(21)22-18-10-8-17(20)9-11-18;1-4(2)3/h4-11,13-14H,12H2,1-3H3,(H2,21,22);1-2H3. The highest BCUT2D eigenvalue weighted by Gasteiger charge is 2.10. The quantitative estimate of drug-likeness (QED) is 0.501. The van der Waals surface area contributed by atoms with Gasteiger partial charge in [0.25, 0.3) is 0 Å². The fourth-order valence-electron chi connectivity index (χ4n) is 2.35. The summed E-state index contributed by atoms with van der Waals surface area (Å²) in [6.45, 7) is 6.56. The van der Waals surface area contributed by atoms with E-state index in [-0.39, 0.29) is 5.92 Å². The summed E-state index contributed by atoms with van der Waals surface area (Å²) in [4.78, 5) is 4.52. The van der Waals surface area contributed by atoms with E-state index in [1.165, 1.54) is 11.1 Å². The molecule has 1 atom stereocenters. The van der Waals surface area contributed by atoms with E-state index in [0.717, 1.165) is 16.6 Å². The lowest BCUT2D eigenvalue weighted by Crippen LogP contribution is -2.19. The van der Waals surface area contributed by atoms with Gasteiger partial charge in [-0.3, -0.25) is 4.21 Å². The van der Waals surface area contributed by atoms with E-state index in [2.05, 4.69) is 66.0 Å². The maximum absolute atomic E-state index is 9.56. The van der Waals surface area contributed by atoms with Crippen LogP contribution in [0.4, 0.5) is 5.69 Å². The molecule has 2 rings (SSSR count). The smallest absolute Gasteiger partial charge is 0.107 e. The van der Waals surface area contributed by atoms with Crippen LogP contribution in [0, 0.1) is 5.92 Å². The number of nitrogens with zero attached hydrogens (tertiary/aromatic N) is 1. The van der Waals surface area contributed by atoms with Gasteiger partial charge in [-0.15, -0.1) is 0 Å². The highest BCUT2D eigenvalue weighted by Crippen LogP contribution is 2.21. The van der Waals surface area contributed by atoms with Crippen LogP contribution in [0.1, 0.15) is 37.8 Å². The van der Waals surface area contributed by atoms with E-state index in [1.54, 1.807) is 12.5 Å². The lowest BCUT2D eigenvalue weighted by molar-refractivity contribution is 0.647. The van der Waals surface area contributed by atoms with Gasteiger partial charge in [-0.2, -0.15) is 0 Å². The van der Waals surface area contributed by atoms with Gasteiger partial charge >= 0.3 is 0 Å². The van der Waals surface area contributed by atoms with Crippen molar-refractivity contribution in [2.24, 2.45) is 16.6 Å². The summed E-state index contributed by atoms with van der Waals surface area (Å²) in [5.41, 5.74) is 9.62. The molecule has 26 heavy (non-hydrogen) atoms. The Morgan fingerprint density at radius 3 is 2.00 bits per heavy atom. The highest BCUT2D eigenvalue weighted by molar-refractivity contribution is 9.10. The summed E-state index contributed by atoms with van der Waals surface area (Å²) in [6, 6.07) is 16.6. The lowest BCUT2D eigenvalue weighted by Gasteiger charge is -2.13. The second-order valence-corrected chi connectivity index (χ2v) is 9.21. The van der Waals surface area contributed by atoms with Crippen molar-refractivity contribution in [1.29, 1.82) is 0 Å². The molecule has 2 aromatic carbocycles. The fourth-order valence-corrected chi connectivity index (χ4v) is 2.61. The lowest BCUT2D eigenvalue weighted by atomic mass is 9.96. The molecule has 0 aliphatic heterocycles. The van der Waals surface area contributed by atoms with Crippen molar-refractivity contribution in [3.8, 4) is 0 Å². The molecule has 0 heterocycles. The Kier molecular flexibility index (Phi) is 9.81. The maximum Gasteiger partial charge on any atom is 0.107 e. The molecule has 0 fully saturated rings. The summed E-state index contributed by atoms with van der Waals surface area (Å²) < 4.78 is 10.6. The number of halogens is 1. The Labute approximate surface area is 168 Å². The van der Waals surface area contributed by atoms with Crippen LogP contribution in [-0.4, -0.2) is 22.6 Å². The molecule has 2 aromatic rings. The highest BCUT2D eigenvalue weighted by atomic mass is 79.9. The molecule has 0 bridgehead atoms. The van der Waals surface area contributed by atoms with Gasteiger partial charge in [0.15, 0.2) is 0 Å². The monoisotopic (exact) mass is 436 g/mol. The van der Waals surface area contributed by atoms with E-state index in [1.807, 2.05) is 24.3 Å². The zero-order chi connectivity index (χ0) is 19.7. The number of hydrogen-bond acceptors (Lipinski definition) is 2. The second kappa shape index (κ2) is 11.3. The van der Waals surface area contributed by atoms with Crippen molar-refractivity contribution in [3.63, 3.8) is 0 Å². The molecule has 2 N–H and O–H groups in total. The molecular formula is C21H29BrN2OS. The molecule has 0 aromatic heterocycles. The Bertz CT molecular complexity index is 721. The first kappa shape index (κ1) is 22.6. The summed E-state index contributed by atoms with van der Waals surface area (Å²) in [6.07, 6.45) is 4.39. The molecule has 0 saturated heterocycles. The first-order valence-electron chi connectivity index (χ1n) is 8.62. The van der Waals surface area contributed by atoms with Crippen LogP contribution in [0.15, 0.2) is 58.0 Å². The van der Waals surface area contributed by atoms with Crippen molar-refractivity contribution >= 4 is 38.3 Å². The molecule has 5 heteroatoms. The van der Waals surface area contributed by atoms with Gasteiger partial charge in [0, 0.05) is 33.7 Å². The molecule has 0 aliphatic rings. The number of rotatable bonds is 5. The van der Waals surface area contributed by atoms with E-state index in [4.69, 9.17) is 5.73 Å². The third-order valence-electron chi connectivity index (χ3n) is 3.65. The summed E-state index contributed by atoms with van der Waals surface area (Å²) in [5, 5.41) is 0. The van der Waals surface area contributed by atoms with Crippen molar-refractivity contribution in [2.75, 3.05) is 12.5 Å². The number of nitrogens with two attached hydrogens (primary N) is 1. The Morgan fingerprint density at radius 2 is 1.54 bits per heavy atom. The van der Waals surface area contributed by atoms with Crippen LogP contribution in [0.5, 0.6) is 0 Å². The van der Waals surface area contributed by atoms with E-state index in [9.17, 15) is 4.21 Å². The van der Waals surface area contributed by atoms with Crippen LogP contribution in [0.25, 0.3) is 0 Å². The van der Waals surface area contributed by atoms with Crippen molar-refractivity contribution in [2.45, 2.75) is 33.1 Å². The average Bonchev–Trinajstić information content (AvgIpc) is 2.56. The van der Waals surface area contributed by atoms with Gasteiger partial charge in [0.05, 0.1) is 5.69 Å². The summed E-state index contributed by atoms with van der Waals surface area (Å²) in [7, 11) is -0.611. The van der Waals surface area contributed by atoms with E-state index in [0.29, 0.717) is 11.8 Å². The van der Waals surface area contributed by atoms with Crippen LogP contribution >= 0.6 is 15.9 Å². The molecule has 1 unspecified atom stereocenters. The Morgan fingerprint density at radius 1 is 1.04 bits per heavy atom. The number of aliphatic imine (C=N–C) groups is 1. The molecule has 0 aliphatic carbocycles. The molecule has 0 amide bonds. The van der Waals surface area contributed by atoms with Gasteiger partial charge in [-0.1, -0.05) is 61.0 Å². The fraction of sp³-hybridized carbons (Fsp3) is 0.381. The minimum Gasteiger partial charge on any atom is -0.387 e. The van der Waals surface area contributed by atoms with Crippen LogP contribution in [-0.2, 0) is 17.2 Å². The van der Waals surface area contributed by atoms with E-state index < -0.39 is 10.8 Å². The third-order valence-corrected chi connectivity index (χ3v) is 4.18. The van der Waals surface area contributed by atoms with Crippen molar-refractivity contribution in [3.05, 3.63) is 64.1 Å². The molecule has 0 spiro atoms. The molecule has 0 saturated carbocycles. The van der Waals surface area contributed by atoms with Gasteiger partial charge in [-0.05, 0) is 47.7 Å². The normalized spacial score (nSPS) is 12.7. The number of amidine groups is 1. The number of benzene rings is 2. The Hall–Kier alpha value is -1.46. The van der Waals surface area contributed by atoms with E-state index >= 15 is 0 Å². The van der Waals surface area contributed by atoms with Gasteiger partial charge in [0.1, 0.15) is 5.84 Å². The maximum atomic E-state index is 9.56. The number of hydrogen-bond donors (Lipinski definition) is 1. The predicted octanol–water partition coefficient (Wildman–Crippen LogP) is 5.43. The van der Waals surface area contributed by atoms with Crippen LogP contribution in [0.3, 0.4) is 0 Å². The van der Waals surface area contributed by atoms with Gasteiger partial charge in [0.2, 0.25) is 0 Å². The van der Waals surface area contributed by atoms with Gasteiger partial charge in [-0.25, -0.2) is 4.99 Å². The molecule has 142 valence electrons. The van der Waals surface area contributed by atoms with Crippen LogP contribution in [0.2, 0.25) is 0 Å². The molecule has 0 radical (unpaired) electrons. The first-order valence-corrected chi connectivity index (χ1v) is 11.4. The van der Waals surface area contributed by atoms with Crippen molar-refractivity contribution < 1.29 is 4.21 Å². The Balaban J connectivity index is 0.000000765. The summed E-state index contributed by atoms with van der Waals surface area (Å²) >= 11 is 3.42. The summed E-state index contributed by atoms with van der Waals surface area (Å²) in [5.74, 6) is 1.42. The average molecular weight is 437 g/mol. The zero-order valence-electron chi connectivity index (χ0n) is 16.2. The SMILES string of the molecule is CC(C)Cc1ccc(C(C)C(N)=Nc2ccc(Br)cc2)cc1.CS(C)=O. The third kappa shape index (κ3) is 8.77. The van der Waals surface area contributed by atoms with Crippen molar-refractivity contribution in [1.82, 2.24) is 0 Å². The second-order valence-electron chi connectivity index (χ2n) is 6.82. The predicted molar refractivity (Wildman–Crippen MR) is 119 cm³/mol. The molecular weight excluding hydrogens is 408 g/mol. The molecule has 3 nitrogen and oxygen atoms in total. The van der Waals surface area contributed by atoms with Crippen LogP contribution < -0.4 is 5.73 Å². The largest absolute Gasteiger partial charge is 0.387 e. The first-order chi connectivity index (χ1) is 12.2.